The van der Waals surface area contributed by atoms with Gasteiger partial charge in [0, 0.05) is 12.6 Å². The second-order valence-corrected chi connectivity index (χ2v) is 5.16. The Morgan fingerprint density at radius 3 is 2.65 bits per heavy atom. The standard InChI is InChI=1S/C15H16BrNO3/c1-10(11-6-4-5-7-13(11)19-3)17(2)15(18)12-8-9-20-14(12)16/h4-10H,1-3H3. The van der Waals surface area contributed by atoms with Crippen molar-refractivity contribution in [1.29, 1.82) is 0 Å². The molecule has 106 valence electrons. The van der Waals surface area contributed by atoms with Crippen LogP contribution in [0.3, 0.4) is 0 Å². The minimum absolute atomic E-state index is 0.107. The van der Waals surface area contributed by atoms with Gasteiger partial charge in [-0.15, -0.1) is 0 Å². The van der Waals surface area contributed by atoms with E-state index >= 15 is 0 Å². The first-order valence-electron chi connectivity index (χ1n) is 6.19. The summed E-state index contributed by atoms with van der Waals surface area (Å²) in [5, 5.41) is 0. The topological polar surface area (TPSA) is 42.7 Å². The van der Waals surface area contributed by atoms with Gasteiger partial charge in [-0.1, -0.05) is 18.2 Å². The minimum atomic E-state index is -0.111. The van der Waals surface area contributed by atoms with Crippen molar-refractivity contribution in [1.82, 2.24) is 4.90 Å². The number of para-hydroxylation sites is 1. The molecule has 0 aliphatic rings. The highest BCUT2D eigenvalue weighted by Gasteiger charge is 2.23. The van der Waals surface area contributed by atoms with Gasteiger partial charge in [0.1, 0.15) is 5.75 Å². The molecule has 0 spiro atoms. The van der Waals surface area contributed by atoms with Crippen molar-refractivity contribution in [3.8, 4) is 5.75 Å². The third kappa shape index (κ3) is 2.72. The SMILES string of the molecule is COc1ccccc1C(C)N(C)C(=O)c1ccoc1Br. The molecule has 0 aliphatic carbocycles. The Morgan fingerprint density at radius 1 is 1.35 bits per heavy atom. The Hall–Kier alpha value is -1.75. The molecule has 1 unspecified atom stereocenters. The fourth-order valence-electron chi connectivity index (χ4n) is 2.03. The summed E-state index contributed by atoms with van der Waals surface area (Å²) in [6.45, 7) is 1.96. The van der Waals surface area contributed by atoms with Crippen LogP contribution in [0.2, 0.25) is 0 Å². The predicted octanol–water partition coefficient (Wildman–Crippen LogP) is 3.88. The number of hydrogen-bond acceptors (Lipinski definition) is 3. The van der Waals surface area contributed by atoms with E-state index in [0.717, 1.165) is 11.3 Å². The van der Waals surface area contributed by atoms with E-state index in [2.05, 4.69) is 15.9 Å². The maximum absolute atomic E-state index is 12.4. The minimum Gasteiger partial charge on any atom is -0.496 e. The molecule has 0 aliphatic heterocycles. The average Bonchev–Trinajstić information content (AvgIpc) is 2.91. The predicted molar refractivity (Wildman–Crippen MR) is 79.9 cm³/mol. The summed E-state index contributed by atoms with van der Waals surface area (Å²) >= 11 is 3.23. The highest BCUT2D eigenvalue weighted by molar-refractivity contribution is 9.10. The molecule has 2 rings (SSSR count). The number of amides is 1. The molecule has 20 heavy (non-hydrogen) atoms. The van der Waals surface area contributed by atoms with Crippen LogP contribution in [0.1, 0.15) is 28.9 Å². The molecule has 1 heterocycles. The largest absolute Gasteiger partial charge is 0.496 e. The quantitative estimate of drug-likeness (QED) is 0.850. The summed E-state index contributed by atoms with van der Waals surface area (Å²) in [5.41, 5.74) is 1.47. The molecule has 5 heteroatoms. The molecule has 1 aromatic heterocycles. The van der Waals surface area contributed by atoms with Gasteiger partial charge in [0.15, 0.2) is 4.67 Å². The number of methoxy groups -OCH3 is 1. The summed E-state index contributed by atoms with van der Waals surface area (Å²) in [4.78, 5) is 14.1. The van der Waals surface area contributed by atoms with Gasteiger partial charge in [0.25, 0.3) is 5.91 Å². The first kappa shape index (κ1) is 14.7. The Bertz CT molecular complexity index is 609. The highest BCUT2D eigenvalue weighted by Crippen LogP contribution is 2.30. The maximum atomic E-state index is 12.4. The first-order valence-corrected chi connectivity index (χ1v) is 6.98. The molecule has 0 N–H and O–H groups in total. The highest BCUT2D eigenvalue weighted by atomic mass is 79.9. The Labute approximate surface area is 126 Å². The van der Waals surface area contributed by atoms with Crippen LogP contribution in [0.4, 0.5) is 0 Å². The number of carbonyl (C=O) groups excluding carboxylic acids is 1. The van der Waals surface area contributed by atoms with Crippen molar-refractivity contribution in [3.05, 3.63) is 52.4 Å². The van der Waals surface area contributed by atoms with Crippen molar-refractivity contribution in [2.24, 2.45) is 0 Å². The van der Waals surface area contributed by atoms with Crippen molar-refractivity contribution >= 4 is 21.8 Å². The number of halogens is 1. The zero-order valence-corrected chi connectivity index (χ0v) is 13.2. The molecule has 0 fully saturated rings. The normalized spacial score (nSPS) is 12.0. The Balaban J connectivity index is 2.27. The second-order valence-electron chi connectivity index (χ2n) is 4.44. The van der Waals surface area contributed by atoms with Crippen LogP contribution in [-0.4, -0.2) is 25.0 Å². The van der Waals surface area contributed by atoms with E-state index in [1.165, 1.54) is 6.26 Å². The van der Waals surface area contributed by atoms with E-state index in [0.29, 0.717) is 10.2 Å². The van der Waals surface area contributed by atoms with Gasteiger partial charge >= 0.3 is 0 Å². The van der Waals surface area contributed by atoms with E-state index in [1.807, 2.05) is 31.2 Å². The van der Waals surface area contributed by atoms with Gasteiger partial charge in [-0.05, 0) is 35.0 Å². The molecule has 0 bridgehead atoms. The zero-order valence-electron chi connectivity index (χ0n) is 11.6. The molecule has 4 nitrogen and oxygen atoms in total. The number of furan rings is 1. The van der Waals surface area contributed by atoms with Crippen molar-refractivity contribution in [3.63, 3.8) is 0 Å². The number of nitrogens with zero attached hydrogens (tertiary/aromatic N) is 1. The Morgan fingerprint density at radius 2 is 2.05 bits per heavy atom. The first-order chi connectivity index (χ1) is 9.56. The summed E-state index contributed by atoms with van der Waals surface area (Å²) in [7, 11) is 3.39. The number of benzene rings is 1. The van der Waals surface area contributed by atoms with Crippen molar-refractivity contribution in [2.45, 2.75) is 13.0 Å². The molecule has 0 saturated carbocycles. The van der Waals surface area contributed by atoms with Crippen LogP contribution in [0.5, 0.6) is 5.75 Å². The fraction of sp³-hybridized carbons (Fsp3) is 0.267. The van der Waals surface area contributed by atoms with Gasteiger partial charge in [-0.25, -0.2) is 0 Å². The van der Waals surface area contributed by atoms with E-state index in [4.69, 9.17) is 9.15 Å². The summed E-state index contributed by atoms with van der Waals surface area (Å²) in [6, 6.07) is 9.22. The van der Waals surface area contributed by atoms with Crippen LogP contribution in [0.15, 0.2) is 45.7 Å². The van der Waals surface area contributed by atoms with Crippen LogP contribution in [0.25, 0.3) is 0 Å². The number of carbonyl (C=O) groups is 1. The molecular weight excluding hydrogens is 322 g/mol. The van der Waals surface area contributed by atoms with E-state index in [1.54, 1.807) is 25.1 Å². The third-order valence-corrected chi connectivity index (χ3v) is 3.95. The van der Waals surface area contributed by atoms with Gasteiger partial charge in [0.2, 0.25) is 0 Å². The molecular formula is C15H16BrNO3. The summed E-state index contributed by atoms with van der Waals surface area (Å²) in [6.07, 6.45) is 1.49. The van der Waals surface area contributed by atoms with E-state index in [9.17, 15) is 4.79 Å². The van der Waals surface area contributed by atoms with Crippen LogP contribution in [-0.2, 0) is 0 Å². The average molecular weight is 338 g/mol. The van der Waals surface area contributed by atoms with Gasteiger partial charge in [-0.3, -0.25) is 4.79 Å². The van der Waals surface area contributed by atoms with Crippen LogP contribution < -0.4 is 4.74 Å². The van der Waals surface area contributed by atoms with Crippen molar-refractivity contribution < 1.29 is 13.9 Å². The van der Waals surface area contributed by atoms with Crippen molar-refractivity contribution in [2.75, 3.05) is 14.2 Å². The zero-order chi connectivity index (χ0) is 14.7. The number of ether oxygens (including phenoxy) is 1. The Kier molecular flexibility index (Phi) is 4.49. The lowest BCUT2D eigenvalue weighted by atomic mass is 10.1. The molecule has 1 amide bonds. The van der Waals surface area contributed by atoms with E-state index < -0.39 is 0 Å². The molecule has 2 aromatic rings. The lowest BCUT2D eigenvalue weighted by molar-refractivity contribution is 0.0739. The van der Waals surface area contributed by atoms with E-state index in [-0.39, 0.29) is 11.9 Å². The molecule has 1 atom stereocenters. The molecule has 0 saturated heterocycles. The summed E-state index contributed by atoms with van der Waals surface area (Å²) < 4.78 is 10.9. The smallest absolute Gasteiger partial charge is 0.258 e. The third-order valence-electron chi connectivity index (χ3n) is 3.34. The van der Waals surface area contributed by atoms with Gasteiger partial charge in [0.05, 0.1) is 25.0 Å². The number of hydrogen-bond donors (Lipinski definition) is 0. The fourth-order valence-corrected chi connectivity index (χ4v) is 2.44. The molecule has 1 aromatic carbocycles. The lowest BCUT2D eigenvalue weighted by Crippen LogP contribution is -2.29. The van der Waals surface area contributed by atoms with Crippen LogP contribution >= 0.6 is 15.9 Å². The summed E-state index contributed by atoms with van der Waals surface area (Å²) in [5.74, 6) is 0.662. The van der Waals surface area contributed by atoms with Crippen LogP contribution in [0, 0.1) is 0 Å². The monoisotopic (exact) mass is 337 g/mol. The van der Waals surface area contributed by atoms with Gasteiger partial charge < -0.3 is 14.1 Å². The van der Waals surface area contributed by atoms with Gasteiger partial charge in [-0.2, -0.15) is 0 Å². The number of rotatable bonds is 4. The lowest BCUT2D eigenvalue weighted by Gasteiger charge is -2.26. The second kappa shape index (κ2) is 6.13. The maximum Gasteiger partial charge on any atom is 0.258 e. The molecule has 0 radical (unpaired) electrons.